The maximum atomic E-state index is 13.3. The van der Waals surface area contributed by atoms with Crippen molar-refractivity contribution in [2.75, 3.05) is 0 Å². The number of hydrogen-bond donors (Lipinski definition) is 1. The van der Waals surface area contributed by atoms with Gasteiger partial charge in [0.2, 0.25) is 5.91 Å². The number of nitrogens with zero attached hydrogens (tertiary/aromatic N) is 2. The standard InChI is InChI=1S/C23H27N3O/c27-23(24-20-14-7-2-1-3-8-15-20)22(18-11-5-4-6-12-18)26-17-19-13-9-10-16-21(19)25-26/h4-6,9-13,16-17,20,22H,1-3,7-8,14-15H2,(H,24,27). The molecule has 1 N–H and O–H groups in total. The highest BCUT2D eigenvalue weighted by molar-refractivity contribution is 5.85. The molecule has 1 saturated carbocycles. The average Bonchev–Trinajstić information content (AvgIpc) is 3.08. The van der Waals surface area contributed by atoms with Gasteiger partial charge >= 0.3 is 0 Å². The number of carbonyl (C=O) groups excluding carboxylic acids is 1. The molecular weight excluding hydrogens is 334 g/mol. The minimum Gasteiger partial charge on any atom is -0.351 e. The van der Waals surface area contributed by atoms with Crippen LogP contribution in [0.5, 0.6) is 0 Å². The van der Waals surface area contributed by atoms with Gasteiger partial charge in [0.1, 0.15) is 0 Å². The highest BCUT2D eigenvalue weighted by atomic mass is 16.2. The molecular formula is C23H27N3O. The van der Waals surface area contributed by atoms with Crippen molar-refractivity contribution in [3.8, 4) is 0 Å². The lowest BCUT2D eigenvalue weighted by Crippen LogP contribution is -2.40. The Morgan fingerprint density at radius 2 is 1.59 bits per heavy atom. The van der Waals surface area contributed by atoms with E-state index in [0.29, 0.717) is 0 Å². The van der Waals surface area contributed by atoms with Crippen molar-refractivity contribution < 1.29 is 4.79 Å². The number of carbonyl (C=O) groups is 1. The Morgan fingerprint density at radius 1 is 0.926 bits per heavy atom. The van der Waals surface area contributed by atoms with Crippen LogP contribution in [-0.2, 0) is 4.79 Å². The third-order valence-corrected chi connectivity index (χ3v) is 5.51. The van der Waals surface area contributed by atoms with Gasteiger partial charge in [-0.2, -0.15) is 5.10 Å². The van der Waals surface area contributed by atoms with Crippen molar-refractivity contribution >= 4 is 16.8 Å². The van der Waals surface area contributed by atoms with Gasteiger partial charge in [-0.1, -0.05) is 80.6 Å². The predicted octanol–water partition coefficient (Wildman–Crippen LogP) is 4.85. The number of rotatable bonds is 4. The van der Waals surface area contributed by atoms with E-state index in [2.05, 4.69) is 5.32 Å². The second kappa shape index (κ2) is 8.38. The molecule has 2 aromatic carbocycles. The molecule has 1 fully saturated rings. The average molecular weight is 361 g/mol. The van der Waals surface area contributed by atoms with Crippen LogP contribution >= 0.6 is 0 Å². The first-order valence-electron chi connectivity index (χ1n) is 10.1. The molecule has 1 aromatic heterocycles. The van der Waals surface area contributed by atoms with Gasteiger partial charge in [0, 0.05) is 17.6 Å². The van der Waals surface area contributed by atoms with E-state index in [-0.39, 0.29) is 11.9 Å². The van der Waals surface area contributed by atoms with Crippen LogP contribution in [0.1, 0.15) is 56.6 Å². The highest BCUT2D eigenvalue weighted by Crippen LogP contribution is 2.23. The minimum atomic E-state index is -0.441. The Labute approximate surface area is 160 Å². The first-order valence-corrected chi connectivity index (χ1v) is 10.1. The van der Waals surface area contributed by atoms with E-state index < -0.39 is 6.04 Å². The molecule has 27 heavy (non-hydrogen) atoms. The van der Waals surface area contributed by atoms with E-state index in [9.17, 15) is 4.79 Å². The van der Waals surface area contributed by atoms with E-state index in [1.54, 1.807) is 0 Å². The Morgan fingerprint density at radius 3 is 2.33 bits per heavy atom. The lowest BCUT2D eigenvalue weighted by molar-refractivity contribution is -0.124. The number of amides is 1. The molecule has 0 bridgehead atoms. The molecule has 0 radical (unpaired) electrons. The monoisotopic (exact) mass is 361 g/mol. The van der Waals surface area contributed by atoms with Crippen molar-refractivity contribution in [3.05, 3.63) is 66.4 Å². The number of hydrogen-bond acceptors (Lipinski definition) is 2. The molecule has 0 spiro atoms. The molecule has 1 aliphatic rings. The molecule has 1 atom stereocenters. The van der Waals surface area contributed by atoms with Gasteiger partial charge in [0.05, 0.1) is 5.52 Å². The summed E-state index contributed by atoms with van der Waals surface area (Å²) < 4.78 is 1.82. The van der Waals surface area contributed by atoms with Crippen molar-refractivity contribution in [1.82, 2.24) is 15.1 Å². The SMILES string of the molecule is O=C(NC1CCCCCCC1)C(c1ccccc1)n1cc2ccccc2n1. The van der Waals surface area contributed by atoms with E-state index in [4.69, 9.17) is 5.10 Å². The van der Waals surface area contributed by atoms with Crippen LogP contribution in [0.15, 0.2) is 60.8 Å². The van der Waals surface area contributed by atoms with Gasteiger partial charge < -0.3 is 5.32 Å². The van der Waals surface area contributed by atoms with Gasteiger partial charge in [-0.05, 0) is 24.5 Å². The second-order valence-electron chi connectivity index (χ2n) is 7.53. The lowest BCUT2D eigenvalue weighted by Gasteiger charge is -2.24. The summed E-state index contributed by atoms with van der Waals surface area (Å²) in [7, 11) is 0. The van der Waals surface area contributed by atoms with Crippen LogP contribution in [0.3, 0.4) is 0 Å². The fraction of sp³-hybridized carbons (Fsp3) is 0.391. The summed E-state index contributed by atoms with van der Waals surface area (Å²) in [6.07, 6.45) is 10.4. The molecule has 1 unspecified atom stereocenters. The molecule has 0 saturated heterocycles. The highest BCUT2D eigenvalue weighted by Gasteiger charge is 2.26. The predicted molar refractivity (Wildman–Crippen MR) is 109 cm³/mol. The fourth-order valence-corrected chi connectivity index (χ4v) is 4.06. The Bertz CT molecular complexity index is 846. The van der Waals surface area contributed by atoms with Crippen molar-refractivity contribution in [2.45, 2.75) is 57.0 Å². The summed E-state index contributed by atoms with van der Waals surface area (Å²) in [6.45, 7) is 0. The van der Waals surface area contributed by atoms with Gasteiger partial charge in [-0.15, -0.1) is 0 Å². The largest absolute Gasteiger partial charge is 0.351 e. The van der Waals surface area contributed by atoms with Crippen molar-refractivity contribution in [2.24, 2.45) is 0 Å². The Hall–Kier alpha value is -2.62. The van der Waals surface area contributed by atoms with Crippen LogP contribution in [0.25, 0.3) is 10.9 Å². The summed E-state index contributed by atoms with van der Waals surface area (Å²) in [5.74, 6) is 0.0413. The van der Waals surface area contributed by atoms with E-state index in [1.165, 1.54) is 32.1 Å². The zero-order chi connectivity index (χ0) is 18.5. The van der Waals surface area contributed by atoms with Gasteiger partial charge in [0.15, 0.2) is 6.04 Å². The molecule has 4 rings (SSSR count). The number of aromatic nitrogens is 2. The van der Waals surface area contributed by atoms with E-state index in [0.717, 1.165) is 29.3 Å². The van der Waals surface area contributed by atoms with Crippen LogP contribution in [0, 0.1) is 0 Å². The molecule has 4 heteroatoms. The third-order valence-electron chi connectivity index (χ3n) is 5.51. The maximum Gasteiger partial charge on any atom is 0.249 e. The topological polar surface area (TPSA) is 46.9 Å². The van der Waals surface area contributed by atoms with Crippen LogP contribution < -0.4 is 5.32 Å². The number of fused-ring (bicyclic) bond motifs is 1. The van der Waals surface area contributed by atoms with Crippen LogP contribution in [0.4, 0.5) is 0 Å². The first-order chi connectivity index (χ1) is 13.3. The Balaban J connectivity index is 1.62. The van der Waals surface area contributed by atoms with Crippen LogP contribution in [-0.4, -0.2) is 21.7 Å². The smallest absolute Gasteiger partial charge is 0.249 e. The minimum absolute atomic E-state index is 0.0413. The number of benzene rings is 2. The van der Waals surface area contributed by atoms with Crippen molar-refractivity contribution in [3.63, 3.8) is 0 Å². The molecule has 1 heterocycles. The molecule has 0 aliphatic heterocycles. The normalized spacial score (nSPS) is 17.2. The summed E-state index contributed by atoms with van der Waals surface area (Å²) >= 11 is 0. The maximum absolute atomic E-state index is 13.3. The van der Waals surface area contributed by atoms with Crippen LogP contribution in [0.2, 0.25) is 0 Å². The lowest BCUT2D eigenvalue weighted by atomic mass is 9.96. The zero-order valence-electron chi connectivity index (χ0n) is 15.7. The van der Waals surface area contributed by atoms with E-state index in [1.807, 2.05) is 65.5 Å². The van der Waals surface area contributed by atoms with Gasteiger partial charge in [-0.3, -0.25) is 9.48 Å². The van der Waals surface area contributed by atoms with E-state index >= 15 is 0 Å². The molecule has 3 aromatic rings. The quantitative estimate of drug-likeness (QED) is 0.722. The van der Waals surface area contributed by atoms with Crippen molar-refractivity contribution in [1.29, 1.82) is 0 Å². The summed E-state index contributed by atoms with van der Waals surface area (Å²) in [6, 6.07) is 17.8. The van der Waals surface area contributed by atoms with Gasteiger partial charge in [0.25, 0.3) is 0 Å². The summed E-state index contributed by atoms with van der Waals surface area (Å²) in [5, 5.41) is 9.07. The summed E-state index contributed by atoms with van der Waals surface area (Å²) in [4.78, 5) is 13.3. The van der Waals surface area contributed by atoms with Gasteiger partial charge in [-0.25, -0.2) is 0 Å². The zero-order valence-corrected chi connectivity index (χ0v) is 15.7. The molecule has 4 nitrogen and oxygen atoms in total. The Kier molecular flexibility index (Phi) is 5.52. The first kappa shape index (κ1) is 17.8. The molecule has 1 aliphatic carbocycles. The fourth-order valence-electron chi connectivity index (χ4n) is 4.06. The molecule has 1 amide bonds. The second-order valence-corrected chi connectivity index (χ2v) is 7.53. The molecule has 140 valence electrons. The summed E-state index contributed by atoms with van der Waals surface area (Å²) in [5.41, 5.74) is 1.88. The third kappa shape index (κ3) is 4.21. The number of nitrogens with one attached hydrogen (secondary N) is 1.